The van der Waals surface area contributed by atoms with Crippen molar-refractivity contribution in [1.82, 2.24) is 4.98 Å². The number of hydrogen-bond donors (Lipinski definition) is 2. The number of nitriles is 1. The smallest absolute Gasteiger partial charge is 0.339 e. The number of aromatic nitrogens is 1. The van der Waals surface area contributed by atoms with Gasteiger partial charge in [0.2, 0.25) is 0 Å². The van der Waals surface area contributed by atoms with Crippen LogP contribution in [0.25, 0.3) is 33.2 Å². The number of fused-ring (bicyclic) bond motifs is 2. The van der Waals surface area contributed by atoms with Gasteiger partial charge in [-0.15, -0.1) is 0 Å². The average Bonchev–Trinajstić information content (AvgIpc) is 3.50. The van der Waals surface area contributed by atoms with Gasteiger partial charge in [0.15, 0.2) is 0 Å². The standard InChI is InChI=1S/C28H23N3O3/c1-33-28(32)23-14-19(27-15-18-6-2-5-9-26(18)34-27)11-13-25(23)31-21(16-29)12-10-20-17-30-24-8-4-3-7-22(20)24/h2-9,11,13-15,17,21,30-31H,10,12H2,1H3. The minimum atomic E-state index is -0.478. The zero-order chi connectivity index (χ0) is 23.5. The van der Waals surface area contributed by atoms with Gasteiger partial charge >= 0.3 is 5.97 Å². The third-order valence-electron chi connectivity index (χ3n) is 6.00. The van der Waals surface area contributed by atoms with Gasteiger partial charge in [0.05, 0.1) is 18.7 Å². The van der Waals surface area contributed by atoms with Gasteiger partial charge in [0, 0.05) is 33.7 Å². The molecule has 0 radical (unpaired) electrons. The van der Waals surface area contributed by atoms with E-state index < -0.39 is 12.0 Å². The Balaban J connectivity index is 1.39. The molecule has 2 heterocycles. The molecule has 2 N–H and O–H groups in total. The van der Waals surface area contributed by atoms with Crippen LogP contribution in [0.5, 0.6) is 0 Å². The topological polar surface area (TPSA) is 91.0 Å². The molecule has 0 fully saturated rings. The molecule has 0 amide bonds. The molecule has 3 aromatic carbocycles. The van der Waals surface area contributed by atoms with Crippen LogP contribution in [0.4, 0.5) is 5.69 Å². The molecule has 0 bridgehead atoms. The van der Waals surface area contributed by atoms with Gasteiger partial charge in [-0.2, -0.15) is 5.26 Å². The number of esters is 1. The Labute approximate surface area is 196 Å². The van der Waals surface area contributed by atoms with Crippen LogP contribution < -0.4 is 5.32 Å². The Morgan fingerprint density at radius 3 is 2.76 bits per heavy atom. The molecule has 5 rings (SSSR count). The van der Waals surface area contributed by atoms with Crippen molar-refractivity contribution >= 4 is 33.5 Å². The van der Waals surface area contributed by atoms with Crippen LogP contribution in [0.15, 0.2) is 83.4 Å². The number of carbonyl (C=O) groups is 1. The number of aromatic amines is 1. The van der Waals surface area contributed by atoms with Crippen molar-refractivity contribution in [1.29, 1.82) is 5.26 Å². The van der Waals surface area contributed by atoms with Crippen LogP contribution in [0.1, 0.15) is 22.3 Å². The molecule has 0 saturated heterocycles. The fraction of sp³-hybridized carbons (Fsp3) is 0.143. The molecule has 0 spiro atoms. The van der Waals surface area contributed by atoms with E-state index >= 15 is 0 Å². The fourth-order valence-electron chi connectivity index (χ4n) is 4.22. The summed E-state index contributed by atoms with van der Waals surface area (Å²) in [6.45, 7) is 0. The van der Waals surface area contributed by atoms with Gasteiger partial charge < -0.3 is 19.5 Å². The summed E-state index contributed by atoms with van der Waals surface area (Å²) in [6.07, 6.45) is 3.30. The number of aryl methyl sites for hydroxylation is 1. The normalized spacial score (nSPS) is 11.9. The monoisotopic (exact) mass is 449 g/mol. The van der Waals surface area contributed by atoms with Gasteiger partial charge in [0.1, 0.15) is 17.4 Å². The molecule has 34 heavy (non-hydrogen) atoms. The average molecular weight is 450 g/mol. The van der Waals surface area contributed by atoms with E-state index in [0.29, 0.717) is 23.4 Å². The number of anilines is 1. The first kappa shape index (κ1) is 21.4. The molecular weight excluding hydrogens is 426 g/mol. The molecular formula is C28H23N3O3. The maximum Gasteiger partial charge on any atom is 0.339 e. The van der Waals surface area contributed by atoms with Crippen LogP contribution in [0, 0.1) is 11.3 Å². The molecule has 0 aliphatic carbocycles. The van der Waals surface area contributed by atoms with Crippen molar-refractivity contribution < 1.29 is 13.9 Å². The number of para-hydroxylation sites is 2. The summed E-state index contributed by atoms with van der Waals surface area (Å²) in [6, 6.07) is 25.0. The first-order chi connectivity index (χ1) is 16.7. The quantitative estimate of drug-likeness (QED) is 0.284. The fourth-order valence-corrected chi connectivity index (χ4v) is 4.22. The predicted octanol–water partition coefficient (Wildman–Crippen LogP) is 6.30. The number of carbonyl (C=O) groups excluding carboxylic acids is 1. The molecule has 0 aliphatic rings. The highest BCUT2D eigenvalue weighted by atomic mass is 16.5. The minimum Gasteiger partial charge on any atom is -0.465 e. The van der Waals surface area contributed by atoms with Crippen molar-refractivity contribution in [2.45, 2.75) is 18.9 Å². The number of furan rings is 1. The lowest BCUT2D eigenvalue weighted by molar-refractivity contribution is 0.0602. The predicted molar refractivity (Wildman–Crippen MR) is 133 cm³/mol. The lowest BCUT2D eigenvalue weighted by atomic mass is 10.0. The first-order valence-corrected chi connectivity index (χ1v) is 11.1. The summed E-state index contributed by atoms with van der Waals surface area (Å²) in [4.78, 5) is 15.8. The van der Waals surface area contributed by atoms with E-state index in [1.54, 1.807) is 12.1 Å². The van der Waals surface area contributed by atoms with Crippen molar-refractivity contribution in [3.63, 3.8) is 0 Å². The summed E-state index contributed by atoms with van der Waals surface area (Å²) < 4.78 is 11.0. The van der Waals surface area contributed by atoms with Crippen LogP contribution >= 0.6 is 0 Å². The number of hydrogen-bond acceptors (Lipinski definition) is 5. The summed E-state index contributed by atoms with van der Waals surface area (Å²) in [5.74, 6) is 0.183. The second-order valence-electron chi connectivity index (χ2n) is 8.12. The number of methoxy groups -OCH3 is 1. The van der Waals surface area contributed by atoms with Crippen LogP contribution in [-0.2, 0) is 11.2 Å². The van der Waals surface area contributed by atoms with E-state index in [-0.39, 0.29) is 0 Å². The molecule has 1 unspecified atom stereocenters. The Bertz CT molecular complexity index is 1490. The van der Waals surface area contributed by atoms with Gasteiger partial charge in [-0.05, 0) is 54.8 Å². The zero-order valence-electron chi connectivity index (χ0n) is 18.7. The molecule has 0 aliphatic heterocycles. The number of ether oxygens (including phenoxy) is 1. The molecule has 0 saturated carbocycles. The molecule has 5 aromatic rings. The summed E-state index contributed by atoms with van der Waals surface area (Å²) in [5, 5.41) is 15.1. The van der Waals surface area contributed by atoms with Gasteiger partial charge in [-0.1, -0.05) is 36.4 Å². The van der Waals surface area contributed by atoms with Crippen LogP contribution in [0.2, 0.25) is 0 Å². The molecule has 6 heteroatoms. The Hall–Kier alpha value is -4.50. The Morgan fingerprint density at radius 2 is 1.94 bits per heavy atom. The van der Waals surface area contributed by atoms with Crippen molar-refractivity contribution in [2.75, 3.05) is 12.4 Å². The van der Waals surface area contributed by atoms with Crippen molar-refractivity contribution in [3.05, 3.63) is 90.1 Å². The van der Waals surface area contributed by atoms with E-state index in [2.05, 4.69) is 22.4 Å². The maximum atomic E-state index is 12.6. The third kappa shape index (κ3) is 4.12. The maximum absolute atomic E-state index is 12.6. The number of nitrogens with one attached hydrogen (secondary N) is 2. The molecule has 6 nitrogen and oxygen atoms in total. The summed E-state index contributed by atoms with van der Waals surface area (Å²) in [5.41, 5.74) is 4.68. The Kier molecular flexibility index (Phi) is 5.75. The van der Waals surface area contributed by atoms with Gasteiger partial charge in [-0.25, -0.2) is 4.79 Å². The minimum absolute atomic E-state index is 0.354. The second kappa shape index (κ2) is 9.16. The van der Waals surface area contributed by atoms with E-state index in [1.807, 2.05) is 60.8 Å². The highest BCUT2D eigenvalue weighted by Crippen LogP contribution is 2.31. The third-order valence-corrected chi connectivity index (χ3v) is 6.00. The number of rotatable bonds is 7. The highest BCUT2D eigenvalue weighted by Gasteiger charge is 2.18. The van der Waals surface area contributed by atoms with E-state index in [4.69, 9.17) is 9.15 Å². The van der Waals surface area contributed by atoms with E-state index in [1.165, 1.54) is 7.11 Å². The molecule has 1 atom stereocenters. The Morgan fingerprint density at radius 1 is 1.12 bits per heavy atom. The van der Waals surface area contributed by atoms with Gasteiger partial charge in [-0.3, -0.25) is 0 Å². The zero-order valence-corrected chi connectivity index (χ0v) is 18.7. The lowest BCUT2D eigenvalue weighted by Gasteiger charge is -2.16. The van der Waals surface area contributed by atoms with E-state index in [0.717, 1.165) is 39.4 Å². The van der Waals surface area contributed by atoms with Crippen LogP contribution in [-0.4, -0.2) is 24.1 Å². The number of benzene rings is 3. The van der Waals surface area contributed by atoms with E-state index in [9.17, 15) is 10.1 Å². The summed E-state index contributed by atoms with van der Waals surface area (Å²) in [7, 11) is 1.35. The highest BCUT2D eigenvalue weighted by molar-refractivity contribution is 5.97. The van der Waals surface area contributed by atoms with Crippen LogP contribution in [0.3, 0.4) is 0 Å². The number of nitrogens with zero attached hydrogens (tertiary/aromatic N) is 1. The molecule has 168 valence electrons. The summed E-state index contributed by atoms with van der Waals surface area (Å²) >= 11 is 0. The van der Waals surface area contributed by atoms with Gasteiger partial charge in [0.25, 0.3) is 0 Å². The largest absolute Gasteiger partial charge is 0.465 e. The number of H-pyrrole nitrogens is 1. The SMILES string of the molecule is COC(=O)c1cc(-c2cc3ccccc3o2)ccc1NC(C#N)CCc1c[nH]c2ccccc12. The van der Waals surface area contributed by atoms with Crippen molar-refractivity contribution in [2.24, 2.45) is 0 Å². The first-order valence-electron chi connectivity index (χ1n) is 11.1. The lowest BCUT2D eigenvalue weighted by Crippen LogP contribution is -2.20. The molecule has 2 aromatic heterocycles. The van der Waals surface area contributed by atoms with Crippen molar-refractivity contribution in [3.8, 4) is 17.4 Å². The second-order valence-corrected chi connectivity index (χ2v) is 8.12.